The van der Waals surface area contributed by atoms with Crippen LogP contribution in [-0.4, -0.2) is 9.97 Å². The number of rotatable bonds is 1. The van der Waals surface area contributed by atoms with Gasteiger partial charge in [-0.1, -0.05) is 24.3 Å². The number of benzene rings is 2. The van der Waals surface area contributed by atoms with Crippen molar-refractivity contribution < 1.29 is 4.42 Å². The molecule has 3 heterocycles. The van der Waals surface area contributed by atoms with Gasteiger partial charge in [-0.25, -0.2) is 0 Å². The third-order valence-electron chi connectivity index (χ3n) is 4.69. The first-order chi connectivity index (χ1) is 12.2. The van der Waals surface area contributed by atoms with Gasteiger partial charge in [0.15, 0.2) is 0 Å². The van der Waals surface area contributed by atoms with E-state index in [1.807, 2.05) is 32.3 Å². The maximum atomic E-state index is 6.37. The highest BCUT2D eigenvalue weighted by molar-refractivity contribution is 6.16. The van der Waals surface area contributed by atoms with Crippen molar-refractivity contribution in [2.75, 3.05) is 0 Å². The predicted molar refractivity (Wildman–Crippen MR) is 102 cm³/mol. The van der Waals surface area contributed by atoms with Crippen LogP contribution < -0.4 is 0 Å². The molecule has 25 heavy (non-hydrogen) atoms. The van der Waals surface area contributed by atoms with Crippen molar-refractivity contribution in [3.63, 3.8) is 0 Å². The van der Waals surface area contributed by atoms with Gasteiger partial charge < -0.3 is 4.42 Å². The van der Waals surface area contributed by atoms with Crippen molar-refractivity contribution in [3.05, 3.63) is 72.2 Å². The lowest BCUT2D eigenvalue weighted by Gasteiger charge is -2.02. The molecule has 0 amide bonds. The van der Waals surface area contributed by atoms with Gasteiger partial charge in [0.25, 0.3) is 0 Å². The van der Waals surface area contributed by atoms with Crippen molar-refractivity contribution in [2.45, 2.75) is 13.8 Å². The van der Waals surface area contributed by atoms with Crippen LogP contribution in [-0.2, 0) is 0 Å². The summed E-state index contributed by atoms with van der Waals surface area (Å²) in [6, 6.07) is 16.7. The van der Waals surface area contributed by atoms with Crippen molar-refractivity contribution >= 4 is 32.7 Å². The highest BCUT2D eigenvalue weighted by atomic mass is 16.3. The molecule has 0 spiro atoms. The monoisotopic (exact) mass is 324 g/mol. The SMILES string of the molecule is Cc1ccc(-c2cccc3c2oc2c4cc(C)ncc4ccc32)nc1. The lowest BCUT2D eigenvalue weighted by atomic mass is 10.0. The third-order valence-corrected chi connectivity index (χ3v) is 4.69. The van der Waals surface area contributed by atoms with E-state index in [2.05, 4.69) is 52.4 Å². The molecule has 5 rings (SSSR count). The van der Waals surface area contributed by atoms with E-state index in [1.165, 1.54) is 0 Å². The van der Waals surface area contributed by atoms with Crippen LogP contribution in [0.3, 0.4) is 0 Å². The second kappa shape index (κ2) is 5.15. The zero-order valence-corrected chi connectivity index (χ0v) is 14.1. The molecule has 0 bridgehead atoms. The van der Waals surface area contributed by atoms with E-state index >= 15 is 0 Å². The van der Waals surface area contributed by atoms with Crippen LogP contribution in [0.25, 0.3) is 44.0 Å². The summed E-state index contributed by atoms with van der Waals surface area (Å²) in [5, 5.41) is 4.43. The number of nitrogens with zero attached hydrogens (tertiary/aromatic N) is 2. The Morgan fingerprint density at radius 2 is 1.64 bits per heavy atom. The summed E-state index contributed by atoms with van der Waals surface area (Å²) >= 11 is 0. The van der Waals surface area contributed by atoms with Gasteiger partial charge in [0.2, 0.25) is 0 Å². The third kappa shape index (κ3) is 2.13. The molecule has 0 saturated carbocycles. The van der Waals surface area contributed by atoms with Crippen LogP contribution in [0.15, 0.2) is 65.3 Å². The zero-order chi connectivity index (χ0) is 17.0. The van der Waals surface area contributed by atoms with Crippen LogP contribution in [0.5, 0.6) is 0 Å². The number of pyridine rings is 2. The van der Waals surface area contributed by atoms with Gasteiger partial charge in [-0.2, -0.15) is 0 Å². The van der Waals surface area contributed by atoms with Gasteiger partial charge in [0.05, 0.1) is 5.69 Å². The standard InChI is InChI=1S/C22H16N2O/c1-13-6-9-20(24-11-13)18-5-3-4-16-17-8-7-15-12-23-14(2)10-19(15)22(17)25-21(16)18/h3-12H,1-2H3. The largest absolute Gasteiger partial charge is 0.455 e. The Bertz CT molecular complexity index is 1250. The molecule has 0 saturated heterocycles. The van der Waals surface area contributed by atoms with Gasteiger partial charge in [-0.15, -0.1) is 0 Å². The molecule has 0 aliphatic carbocycles. The minimum absolute atomic E-state index is 0.885. The number of fused-ring (bicyclic) bond motifs is 5. The second-order valence-electron chi connectivity index (χ2n) is 6.49. The summed E-state index contributed by atoms with van der Waals surface area (Å²) in [6.07, 6.45) is 3.79. The Hall–Kier alpha value is -3.20. The molecule has 3 aromatic heterocycles. The van der Waals surface area contributed by atoms with E-state index in [9.17, 15) is 0 Å². The Morgan fingerprint density at radius 3 is 2.48 bits per heavy atom. The summed E-state index contributed by atoms with van der Waals surface area (Å²) in [7, 11) is 0. The van der Waals surface area contributed by atoms with Crippen LogP contribution in [0, 0.1) is 13.8 Å². The number of aromatic nitrogens is 2. The van der Waals surface area contributed by atoms with E-state index in [1.54, 1.807) is 0 Å². The summed E-state index contributed by atoms with van der Waals surface area (Å²) in [5.41, 5.74) is 5.88. The van der Waals surface area contributed by atoms with Crippen LogP contribution in [0.4, 0.5) is 0 Å². The Balaban J connectivity index is 1.90. The summed E-state index contributed by atoms with van der Waals surface area (Å²) in [6.45, 7) is 4.05. The van der Waals surface area contributed by atoms with Gasteiger partial charge in [-0.3, -0.25) is 9.97 Å². The van der Waals surface area contributed by atoms with E-state index < -0.39 is 0 Å². The zero-order valence-electron chi connectivity index (χ0n) is 14.1. The molecule has 0 aliphatic heterocycles. The van der Waals surface area contributed by atoms with E-state index in [-0.39, 0.29) is 0 Å². The van der Waals surface area contributed by atoms with E-state index in [0.717, 1.165) is 55.2 Å². The Morgan fingerprint density at radius 1 is 0.760 bits per heavy atom. The van der Waals surface area contributed by atoms with E-state index in [0.29, 0.717) is 0 Å². The van der Waals surface area contributed by atoms with Crippen LogP contribution in [0.2, 0.25) is 0 Å². The normalized spacial score (nSPS) is 11.6. The van der Waals surface area contributed by atoms with Crippen LogP contribution in [0.1, 0.15) is 11.3 Å². The maximum absolute atomic E-state index is 6.37. The van der Waals surface area contributed by atoms with E-state index in [4.69, 9.17) is 4.42 Å². The fraction of sp³-hybridized carbons (Fsp3) is 0.0909. The molecule has 0 N–H and O–H groups in total. The van der Waals surface area contributed by atoms with Crippen molar-refractivity contribution in [1.29, 1.82) is 0 Å². The lowest BCUT2D eigenvalue weighted by molar-refractivity contribution is 0.673. The Kier molecular flexibility index (Phi) is 2.92. The second-order valence-corrected chi connectivity index (χ2v) is 6.49. The molecule has 0 fully saturated rings. The number of para-hydroxylation sites is 1. The lowest BCUT2D eigenvalue weighted by Crippen LogP contribution is -1.84. The maximum Gasteiger partial charge on any atom is 0.144 e. The molecule has 0 unspecified atom stereocenters. The fourth-order valence-electron chi connectivity index (χ4n) is 3.41. The predicted octanol–water partition coefficient (Wildman–Crippen LogP) is 5.81. The molecule has 0 atom stereocenters. The molecular weight excluding hydrogens is 308 g/mol. The summed E-state index contributed by atoms with van der Waals surface area (Å²) in [4.78, 5) is 8.97. The Labute approximate surface area is 144 Å². The molecule has 0 aliphatic rings. The number of furan rings is 1. The molecule has 2 aromatic carbocycles. The number of aryl methyl sites for hydroxylation is 2. The van der Waals surface area contributed by atoms with Crippen LogP contribution >= 0.6 is 0 Å². The highest BCUT2D eigenvalue weighted by Crippen LogP contribution is 2.38. The number of hydrogen-bond donors (Lipinski definition) is 0. The quantitative estimate of drug-likeness (QED) is 0.390. The van der Waals surface area contributed by atoms with Crippen molar-refractivity contribution in [1.82, 2.24) is 9.97 Å². The summed E-state index contributed by atoms with van der Waals surface area (Å²) < 4.78 is 6.37. The van der Waals surface area contributed by atoms with Crippen molar-refractivity contribution in [3.8, 4) is 11.3 Å². The summed E-state index contributed by atoms with van der Waals surface area (Å²) in [5.74, 6) is 0. The average molecular weight is 324 g/mol. The average Bonchev–Trinajstić information content (AvgIpc) is 3.02. The molecule has 3 heteroatoms. The van der Waals surface area contributed by atoms with Gasteiger partial charge in [0, 0.05) is 45.2 Å². The first kappa shape index (κ1) is 14.2. The van der Waals surface area contributed by atoms with Gasteiger partial charge >= 0.3 is 0 Å². The molecule has 0 radical (unpaired) electrons. The molecule has 5 aromatic rings. The molecule has 120 valence electrons. The van der Waals surface area contributed by atoms with Crippen molar-refractivity contribution in [2.24, 2.45) is 0 Å². The minimum Gasteiger partial charge on any atom is -0.455 e. The molecule has 3 nitrogen and oxygen atoms in total. The first-order valence-corrected chi connectivity index (χ1v) is 8.34. The smallest absolute Gasteiger partial charge is 0.144 e. The highest BCUT2D eigenvalue weighted by Gasteiger charge is 2.14. The van der Waals surface area contributed by atoms with Gasteiger partial charge in [-0.05, 0) is 43.7 Å². The topological polar surface area (TPSA) is 38.9 Å². The number of hydrogen-bond acceptors (Lipinski definition) is 3. The first-order valence-electron chi connectivity index (χ1n) is 8.34. The minimum atomic E-state index is 0.885. The van der Waals surface area contributed by atoms with Gasteiger partial charge in [0.1, 0.15) is 11.2 Å². The molecular formula is C22H16N2O. The fourth-order valence-corrected chi connectivity index (χ4v) is 3.41.